The van der Waals surface area contributed by atoms with Gasteiger partial charge in [0.25, 0.3) is 5.91 Å². The molecule has 0 spiro atoms. The van der Waals surface area contributed by atoms with Crippen LogP contribution in [0.2, 0.25) is 0 Å². The number of hydrogen-bond acceptors (Lipinski definition) is 4. The lowest BCUT2D eigenvalue weighted by Crippen LogP contribution is -2.50. The molecule has 160 valence electrons. The van der Waals surface area contributed by atoms with Crippen molar-refractivity contribution < 1.29 is 13.9 Å². The molecule has 1 aliphatic heterocycles. The minimum Gasteiger partial charge on any atom is -0.487 e. The predicted molar refractivity (Wildman–Crippen MR) is 118 cm³/mol. The van der Waals surface area contributed by atoms with Gasteiger partial charge in [-0.2, -0.15) is 0 Å². The van der Waals surface area contributed by atoms with E-state index in [1.807, 2.05) is 60.8 Å². The molecule has 0 bridgehead atoms. The second-order valence-electron chi connectivity index (χ2n) is 7.74. The van der Waals surface area contributed by atoms with E-state index in [4.69, 9.17) is 4.74 Å². The monoisotopic (exact) mass is 428 g/mol. The Bertz CT molecular complexity index is 1200. The number of nitrogens with zero attached hydrogens (tertiary/aromatic N) is 4. The van der Waals surface area contributed by atoms with Gasteiger partial charge < -0.3 is 9.64 Å². The summed E-state index contributed by atoms with van der Waals surface area (Å²) in [7, 11) is 0. The summed E-state index contributed by atoms with van der Waals surface area (Å²) in [6.45, 7) is 1.52. The van der Waals surface area contributed by atoms with Crippen molar-refractivity contribution in [1.82, 2.24) is 19.9 Å². The van der Waals surface area contributed by atoms with Crippen LogP contribution in [-0.4, -0.2) is 38.9 Å². The third-order valence-electron chi connectivity index (χ3n) is 5.52. The highest BCUT2D eigenvalue weighted by Crippen LogP contribution is 2.25. The highest BCUT2D eigenvalue weighted by Gasteiger charge is 2.33. The highest BCUT2D eigenvalue weighted by molar-refractivity contribution is 5.95. The second kappa shape index (κ2) is 8.63. The van der Waals surface area contributed by atoms with Crippen molar-refractivity contribution in [2.45, 2.75) is 12.6 Å². The van der Waals surface area contributed by atoms with E-state index < -0.39 is 0 Å². The van der Waals surface area contributed by atoms with Gasteiger partial charge in [0.1, 0.15) is 23.9 Å². The number of aromatic nitrogens is 3. The van der Waals surface area contributed by atoms with E-state index in [0.29, 0.717) is 25.3 Å². The SMILES string of the molecule is O=C(c1ccc(-c2ccc(F)cc2)cc1)N1CC(n2cc(COc3ccccc3)nn2)C1. The molecule has 0 saturated carbocycles. The molecule has 1 saturated heterocycles. The van der Waals surface area contributed by atoms with Gasteiger partial charge in [0.2, 0.25) is 0 Å². The van der Waals surface area contributed by atoms with Gasteiger partial charge in [0.05, 0.1) is 12.2 Å². The number of halogens is 1. The lowest BCUT2D eigenvalue weighted by atomic mass is 10.0. The molecule has 1 aliphatic rings. The first kappa shape index (κ1) is 19.9. The van der Waals surface area contributed by atoms with Crippen molar-refractivity contribution in [3.8, 4) is 16.9 Å². The van der Waals surface area contributed by atoms with Crippen LogP contribution in [0, 0.1) is 5.82 Å². The molecule has 0 radical (unpaired) electrons. The van der Waals surface area contributed by atoms with Crippen LogP contribution in [0.15, 0.2) is 85.1 Å². The van der Waals surface area contributed by atoms with Gasteiger partial charge in [-0.05, 0) is 47.5 Å². The topological polar surface area (TPSA) is 60.2 Å². The Labute approximate surface area is 184 Å². The molecule has 0 atom stereocenters. The van der Waals surface area contributed by atoms with E-state index in [1.54, 1.807) is 21.7 Å². The Hall–Kier alpha value is -4.00. The van der Waals surface area contributed by atoms with Crippen molar-refractivity contribution in [2.75, 3.05) is 13.1 Å². The normalized spacial score (nSPS) is 13.6. The third kappa shape index (κ3) is 4.23. The molecule has 1 amide bonds. The fourth-order valence-electron chi connectivity index (χ4n) is 3.65. The lowest BCUT2D eigenvalue weighted by Gasteiger charge is -2.38. The van der Waals surface area contributed by atoms with Crippen molar-refractivity contribution >= 4 is 5.91 Å². The number of likely N-dealkylation sites (tertiary alicyclic amines) is 1. The second-order valence-corrected chi connectivity index (χ2v) is 7.74. The minimum absolute atomic E-state index is 0.0142. The van der Waals surface area contributed by atoms with Gasteiger partial charge in [-0.1, -0.05) is 47.7 Å². The standard InChI is InChI=1S/C25H21FN4O2/c26-21-12-10-19(11-13-21)18-6-8-20(9-7-18)25(31)29-15-23(16-29)30-14-22(27-28-30)17-32-24-4-2-1-3-5-24/h1-14,23H,15-17H2. The number of benzene rings is 3. The van der Waals surface area contributed by atoms with Crippen LogP contribution in [0.5, 0.6) is 5.75 Å². The first-order valence-electron chi connectivity index (χ1n) is 10.4. The summed E-state index contributed by atoms with van der Waals surface area (Å²) < 4.78 is 20.6. The average molecular weight is 428 g/mol. The number of carbonyl (C=O) groups is 1. The summed E-state index contributed by atoms with van der Waals surface area (Å²) >= 11 is 0. The van der Waals surface area contributed by atoms with Gasteiger partial charge in [-0.25, -0.2) is 9.07 Å². The maximum Gasteiger partial charge on any atom is 0.253 e. The molecule has 5 rings (SSSR count). The largest absolute Gasteiger partial charge is 0.487 e. The van der Waals surface area contributed by atoms with Crippen LogP contribution in [0.3, 0.4) is 0 Å². The Balaban J connectivity index is 1.15. The Morgan fingerprint density at radius 1 is 0.938 bits per heavy atom. The minimum atomic E-state index is -0.267. The molecule has 0 aliphatic carbocycles. The summed E-state index contributed by atoms with van der Waals surface area (Å²) in [5.74, 6) is 0.503. The van der Waals surface area contributed by atoms with Crippen LogP contribution < -0.4 is 4.74 Å². The molecule has 4 aromatic rings. The molecular weight excluding hydrogens is 407 g/mol. The zero-order chi connectivity index (χ0) is 21.9. The van der Waals surface area contributed by atoms with Gasteiger partial charge >= 0.3 is 0 Å². The number of para-hydroxylation sites is 1. The summed E-state index contributed by atoms with van der Waals surface area (Å²) in [4.78, 5) is 14.6. The number of hydrogen-bond donors (Lipinski definition) is 0. The van der Waals surface area contributed by atoms with E-state index in [1.165, 1.54) is 12.1 Å². The molecule has 7 heteroatoms. The molecule has 2 heterocycles. The number of carbonyl (C=O) groups excluding carboxylic acids is 1. The maximum atomic E-state index is 13.1. The fourth-order valence-corrected chi connectivity index (χ4v) is 3.65. The van der Waals surface area contributed by atoms with Crippen LogP contribution in [0.25, 0.3) is 11.1 Å². The molecule has 6 nitrogen and oxygen atoms in total. The predicted octanol–water partition coefficient (Wildman–Crippen LogP) is 4.36. The number of amides is 1. The van der Waals surface area contributed by atoms with Crippen molar-refractivity contribution in [2.24, 2.45) is 0 Å². The van der Waals surface area contributed by atoms with Gasteiger partial charge in [0.15, 0.2) is 0 Å². The fraction of sp³-hybridized carbons (Fsp3) is 0.160. The first-order chi connectivity index (χ1) is 15.7. The zero-order valence-electron chi connectivity index (χ0n) is 17.3. The van der Waals surface area contributed by atoms with E-state index in [-0.39, 0.29) is 17.8 Å². The van der Waals surface area contributed by atoms with Crippen LogP contribution in [0.1, 0.15) is 22.1 Å². The van der Waals surface area contributed by atoms with Crippen LogP contribution in [-0.2, 0) is 6.61 Å². The number of ether oxygens (including phenoxy) is 1. The molecular formula is C25H21FN4O2. The molecule has 3 aromatic carbocycles. The Morgan fingerprint density at radius 2 is 1.59 bits per heavy atom. The molecule has 32 heavy (non-hydrogen) atoms. The molecule has 1 aromatic heterocycles. The average Bonchev–Trinajstić information content (AvgIpc) is 3.26. The summed E-state index contributed by atoms with van der Waals surface area (Å²) in [6.07, 6.45) is 1.87. The summed E-state index contributed by atoms with van der Waals surface area (Å²) in [6, 6.07) is 23.4. The zero-order valence-corrected chi connectivity index (χ0v) is 17.3. The van der Waals surface area contributed by atoms with Crippen molar-refractivity contribution in [3.63, 3.8) is 0 Å². The molecule has 1 fully saturated rings. The highest BCUT2D eigenvalue weighted by atomic mass is 19.1. The third-order valence-corrected chi connectivity index (χ3v) is 5.52. The Kier molecular flexibility index (Phi) is 5.37. The van der Waals surface area contributed by atoms with E-state index in [0.717, 1.165) is 22.6 Å². The van der Waals surface area contributed by atoms with Gasteiger partial charge in [0, 0.05) is 18.7 Å². The maximum absolute atomic E-state index is 13.1. The van der Waals surface area contributed by atoms with Gasteiger partial charge in [-0.15, -0.1) is 5.10 Å². The quantitative estimate of drug-likeness (QED) is 0.458. The molecule has 0 N–H and O–H groups in total. The number of rotatable bonds is 6. The summed E-state index contributed by atoms with van der Waals surface area (Å²) in [5.41, 5.74) is 3.23. The first-order valence-corrected chi connectivity index (χ1v) is 10.4. The smallest absolute Gasteiger partial charge is 0.253 e. The van der Waals surface area contributed by atoms with Crippen LogP contribution in [0.4, 0.5) is 4.39 Å². The van der Waals surface area contributed by atoms with E-state index in [2.05, 4.69) is 10.3 Å². The Morgan fingerprint density at radius 3 is 2.28 bits per heavy atom. The van der Waals surface area contributed by atoms with E-state index in [9.17, 15) is 9.18 Å². The summed E-state index contributed by atoms with van der Waals surface area (Å²) in [5, 5.41) is 8.36. The molecule has 0 unspecified atom stereocenters. The van der Waals surface area contributed by atoms with E-state index >= 15 is 0 Å². The van der Waals surface area contributed by atoms with Crippen LogP contribution >= 0.6 is 0 Å². The lowest BCUT2D eigenvalue weighted by molar-refractivity contribution is 0.0498. The van der Waals surface area contributed by atoms with Crippen molar-refractivity contribution in [3.05, 3.63) is 102 Å². The van der Waals surface area contributed by atoms with Gasteiger partial charge in [-0.3, -0.25) is 4.79 Å². The van der Waals surface area contributed by atoms with Crippen molar-refractivity contribution in [1.29, 1.82) is 0 Å².